The number of amides is 2. The maximum atomic E-state index is 15.2. The maximum absolute atomic E-state index is 15.2. The molecule has 2 amide bonds. The average Bonchev–Trinajstić information content (AvgIpc) is 3.70. The van der Waals surface area contributed by atoms with E-state index in [2.05, 4.69) is 10.6 Å². The summed E-state index contributed by atoms with van der Waals surface area (Å²) in [5, 5.41) is 5.97. The monoisotopic (exact) mass is 883 g/mol. The Balaban J connectivity index is 1.68. The van der Waals surface area contributed by atoms with Crippen LogP contribution in [-0.2, 0) is 13.0 Å². The number of aromatic nitrogens is 1. The van der Waals surface area contributed by atoms with Crippen molar-refractivity contribution in [1.82, 2.24) is 15.2 Å². The summed E-state index contributed by atoms with van der Waals surface area (Å²) >= 11 is 0. The summed E-state index contributed by atoms with van der Waals surface area (Å²) in [6.07, 6.45) is 7.05. The molecule has 0 saturated heterocycles. The maximum Gasteiger partial charge on any atom is 0.272 e. The lowest BCUT2D eigenvalue weighted by Crippen LogP contribution is -2.27. The van der Waals surface area contributed by atoms with Crippen molar-refractivity contribution in [2.45, 2.75) is 13.0 Å². The molecule has 0 aliphatic heterocycles. The molecule has 2 N–H and O–H groups in total. The molecule has 0 unspecified atom stereocenters. The number of hydrogen-bond donors (Lipinski definition) is 2. The molecule has 0 saturated carbocycles. The van der Waals surface area contributed by atoms with Gasteiger partial charge in [-0.05, 0) is 107 Å². The third kappa shape index (κ3) is 10.5. The first-order chi connectivity index (χ1) is 31.6. The average molecular weight is 884 g/mol. The molecule has 6 rings (SSSR count). The molecule has 14 heteroatoms. The first kappa shape index (κ1) is 46.5. The predicted molar refractivity (Wildman–Crippen MR) is 250 cm³/mol. The number of benzene rings is 5. The Morgan fingerprint density at radius 3 is 1.11 bits per heavy atom. The van der Waals surface area contributed by atoms with Crippen LogP contribution in [-0.4, -0.2) is 80.4 Å². The van der Waals surface area contributed by atoms with E-state index in [9.17, 15) is 0 Å². The van der Waals surface area contributed by atoms with E-state index in [-0.39, 0.29) is 17.9 Å². The summed E-state index contributed by atoms with van der Waals surface area (Å²) in [6, 6.07) is 29.3. The highest BCUT2D eigenvalue weighted by atomic mass is 16.5. The van der Waals surface area contributed by atoms with E-state index in [4.69, 9.17) is 42.6 Å². The van der Waals surface area contributed by atoms with Crippen LogP contribution in [0.1, 0.15) is 37.7 Å². The molecule has 0 aliphatic rings. The van der Waals surface area contributed by atoms with Crippen molar-refractivity contribution in [1.29, 1.82) is 0 Å². The lowest BCUT2D eigenvalue weighted by molar-refractivity contribution is 0.0955. The fourth-order valence-corrected chi connectivity index (χ4v) is 7.35. The largest absolute Gasteiger partial charge is 0.497 e. The van der Waals surface area contributed by atoms with Gasteiger partial charge in [0.05, 0.1) is 64.0 Å². The smallest absolute Gasteiger partial charge is 0.272 e. The van der Waals surface area contributed by atoms with Crippen molar-refractivity contribution >= 4 is 24.0 Å². The Labute approximate surface area is 378 Å². The highest BCUT2D eigenvalue weighted by molar-refractivity contribution is 6.12. The van der Waals surface area contributed by atoms with Crippen molar-refractivity contribution in [3.8, 4) is 74.0 Å². The van der Waals surface area contributed by atoms with Gasteiger partial charge in [0.25, 0.3) is 11.8 Å². The molecule has 6 aromatic rings. The Morgan fingerprint density at radius 1 is 0.462 bits per heavy atom. The van der Waals surface area contributed by atoms with Crippen molar-refractivity contribution in [3.63, 3.8) is 0 Å². The highest BCUT2D eigenvalue weighted by Gasteiger charge is 2.34. The Hall–Kier alpha value is -8.00. The molecule has 0 fully saturated rings. The van der Waals surface area contributed by atoms with Gasteiger partial charge in [0.1, 0.15) is 28.6 Å². The van der Waals surface area contributed by atoms with Gasteiger partial charge in [-0.1, -0.05) is 36.4 Å². The van der Waals surface area contributed by atoms with Crippen LogP contribution in [0.5, 0.6) is 51.7 Å². The molecule has 338 valence electrons. The molecule has 1 aromatic heterocycles. The molecular weight excluding hydrogens is 831 g/mol. The van der Waals surface area contributed by atoms with E-state index in [1.807, 2.05) is 72.8 Å². The highest BCUT2D eigenvalue weighted by Crippen LogP contribution is 2.49. The van der Waals surface area contributed by atoms with Gasteiger partial charge >= 0.3 is 0 Å². The summed E-state index contributed by atoms with van der Waals surface area (Å²) in [4.78, 5) is 30.3. The molecule has 0 bridgehead atoms. The number of carbonyl (C=O) groups is 2. The number of ether oxygens (including phenoxy) is 9. The molecule has 1 heterocycles. The molecule has 0 aliphatic carbocycles. The first-order valence-corrected chi connectivity index (χ1v) is 20.4. The van der Waals surface area contributed by atoms with Gasteiger partial charge in [0, 0.05) is 30.1 Å². The number of nitrogens with one attached hydrogen (secondary N) is 2. The topological polar surface area (TPSA) is 146 Å². The van der Waals surface area contributed by atoms with Crippen molar-refractivity contribution in [3.05, 3.63) is 138 Å². The Bertz CT molecular complexity index is 2440. The van der Waals surface area contributed by atoms with Crippen LogP contribution in [0, 0.1) is 0 Å². The second-order valence-electron chi connectivity index (χ2n) is 14.2. The quantitative estimate of drug-likeness (QED) is 0.0758. The van der Waals surface area contributed by atoms with Crippen LogP contribution in [0.4, 0.5) is 0 Å². The van der Waals surface area contributed by atoms with Crippen molar-refractivity contribution in [2.24, 2.45) is 0 Å². The van der Waals surface area contributed by atoms with E-state index in [1.54, 1.807) is 74.7 Å². The number of carbonyl (C=O) groups excluding carboxylic acids is 2. The van der Waals surface area contributed by atoms with E-state index in [1.165, 1.54) is 42.7 Å². The van der Waals surface area contributed by atoms with Crippen molar-refractivity contribution < 1.29 is 52.2 Å². The number of aryl methyl sites for hydroxylation is 1. The zero-order chi connectivity index (χ0) is 46.5. The molecule has 0 atom stereocenters. The van der Waals surface area contributed by atoms with Crippen LogP contribution >= 0.6 is 0 Å². The standard InChI is InChI=1S/C51H53N3O11/c1-57-37-16-10-32(11-17-37)22-25-52-50(55)46-44(35-28-40(60-4)48(64-8)41(29-35)61-5)45(36-30-42(62-6)49(65-9)43(31-36)63-7)47(54(46)27-24-34-14-20-39(59-3)21-15-34)51(56)53-26-23-33-12-18-38(58-2)19-13-33/h10-23,25-26,28-31H,24,27H2,1-9H3,(H,52,55)(H,53,56)/b25-22+,26-23+. The fraction of sp³-hybridized carbons (Fsp3) is 0.216. The molecular formula is C51H53N3O11. The Kier molecular flexibility index (Phi) is 15.6. The van der Waals surface area contributed by atoms with E-state index in [0.717, 1.165) is 16.7 Å². The van der Waals surface area contributed by atoms with Crippen LogP contribution in [0.15, 0.2) is 109 Å². The Morgan fingerprint density at radius 2 is 0.800 bits per heavy atom. The minimum absolute atomic E-state index is 0.153. The second-order valence-corrected chi connectivity index (χ2v) is 14.2. The zero-order valence-electron chi connectivity index (χ0n) is 37.9. The van der Waals surface area contributed by atoms with Gasteiger partial charge in [0.2, 0.25) is 11.5 Å². The zero-order valence-corrected chi connectivity index (χ0v) is 37.9. The molecule has 0 radical (unpaired) electrons. The molecule has 5 aromatic carbocycles. The fourth-order valence-electron chi connectivity index (χ4n) is 7.35. The van der Waals surface area contributed by atoms with E-state index >= 15 is 9.59 Å². The minimum atomic E-state index is -0.519. The van der Waals surface area contributed by atoms with E-state index in [0.29, 0.717) is 80.4 Å². The summed E-state index contributed by atoms with van der Waals surface area (Å²) in [5.74, 6) is 3.00. The van der Waals surface area contributed by atoms with Crippen LogP contribution in [0.2, 0.25) is 0 Å². The van der Waals surface area contributed by atoms with Crippen LogP contribution in [0.3, 0.4) is 0 Å². The summed E-state index contributed by atoms with van der Waals surface area (Å²) < 4.78 is 52.6. The third-order valence-electron chi connectivity index (χ3n) is 10.6. The minimum Gasteiger partial charge on any atom is -0.497 e. The van der Waals surface area contributed by atoms with Gasteiger partial charge in [-0.15, -0.1) is 0 Å². The lowest BCUT2D eigenvalue weighted by Gasteiger charge is -2.17. The molecule has 14 nitrogen and oxygen atoms in total. The molecule has 0 spiro atoms. The number of nitrogens with zero attached hydrogens (tertiary/aromatic N) is 1. The van der Waals surface area contributed by atoms with Gasteiger partial charge < -0.3 is 57.8 Å². The van der Waals surface area contributed by atoms with Crippen LogP contribution < -0.4 is 53.3 Å². The normalized spacial score (nSPS) is 11.0. The number of hydrogen-bond acceptors (Lipinski definition) is 11. The number of rotatable bonds is 20. The van der Waals surface area contributed by atoms with Crippen LogP contribution in [0.25, 0.3) is 34.4 Å². The summed E-state index contributed by atoms with van der Waals surface area (Å²) in [7, 11) is 13.8. The first-order valence-electron chi connectivity index (χ1n) is 20.4. The summed E-state index contributed by atoms with van der Waals surface area (Å²) in [5.41, 5.74) is 4.54. The van der Waals surface area contributed by atoms with Gasteiger partial charge in [-0.3, -0.25) is 9.59 Å². The van der Waals surface area contributed by atoms with Gasteiger partial charge in [-0.25, -0.2) is 0 Å². The number of methoxy groups -OCH3 is 9. The second kappa shape index (κ2) is 21.9. The van der Waals surface area contributed by atoms with Gasteiger partial charge in [0.15, 0.2) is 23.0 Å². The van der Waals surface area contributed by atoms with Gasteiger partial charge in [-0.2, -0.15) is 0 Å². The summed E-state index contributed by atoms with van der Waals surface area (Å²) in [6.45, 7) is 0.171. The third-order valence-corrected chi connectivity index (χ3v) is 10.6. The van der Waals surface area contributed by atoms with Crippen molar-refractivity contribution in [2.75, 3.05) is 64.0 Å². The predicted octanol–water partition coefficient (Wildman–Crippen LogP) is 8.94. The lowest BCUT2D eigenvalue weighted by atomic mass is 9.93. The SMILES string of the molecule is COc1ccc(/C=C/NC(=O)c2c(-c3cc(OC)c(OC)c(OC)c3)c(-c3cc(OC)c(OC)c(OC)c3)c(C(=O)N/C=C/c3ccc(OC)cc3)n2CCc2ccc(OC)cc2)cc1. The van der Waals surface area contributed by atoms with E-state index < -0.39 is 11.8 Å². The molecule has 65 heavy (non-hydrogen) atoms.